The Morgan fingerprint density at radius 3 is 2.12 bits per heavy atom. The largest absolute Gasteiger partial charge is 0.309 e. The number of nitrogens with zero attached hydrogens (tertiary/aromatic N) is 1. The van der Waals surface area contributed by atoms with E-state index in [1.165, 1.54) is 43.8 Å². The van der Waals surface area contributed by atoms with Crippen molar-refractivity contribution in [3.8, 4) is 5.69 Å². The van der Waals surface area contributed by atoms with Crippen LogP contribution in [0.1, 0.15) is 19.4 Å². The van der Waals surface area contributed by atoms with Gasteiger partial charge in [0.2, 0.25) is 0 Å². The van der Waals surface area contributed by atoms with Crippen molar-refractivity contribution in [3.63, 3.8) is 0 Å². The lowest BCUT2D eigenvalue weighted by atomic mass is 10.1. The summed E-state index contributed by atoms with van der Waals surface area (Å²) in [6, 6.07) is 30.6. The Hall–Kier alpha value is -3.06. The molecule has 5 rings (SSSR count). The topological polar surface area (TPSA) is 4.93 Å². The quantitative estimate of drug-likeness (QED) is 0.303. The Labute approximate surface area is 154 Å². The molecule has 5 aromatic rings. The maximum atomic E-state index is 2.37. The van der Waals surface area contributed by atoms with Gasteiger partial charge in [-0.25, -0.2) is 0 Å². The van der Waals surface area contributed by atoms with Crippen molar-refractivity contribution < 1.29 is 0 Å². The van der Waals surface area contributed by atoms with Crippen molar-refractivity contribution in [1.29, 1.82) is 0 Å². The summed E-state index contributed by atoms with van der Waals surface area (Å²) in [5, 5.41) is 5.18. The molecular formula is C25H23N. The van der Waals surface area contributed by atoms with Gasteiger partial charge in [-0.3, -0.25) is 0 Å². The van der Waals surface area contributed by atoms with Gasteiger partial charge in [-0.15, -0.1) is 0 Å². The van der Waals surface area contributed by atoms with E-state index >= 15 is 0 Å². The standard InChI is InChI=1S/C23H17N.C2H6/c1-16-10-13-23-21(14-16)20-8-4-5-9-22(20)24(23)19-12-11-17-6-2-3-7-18(17)15-19;1-2/h2-15H,1H3;1-2H3. The van der Waals surface area contributed by atoms with Crippen LogP contribution >= 0.6 is 0 Å². The zero-order chi connectivity index (χ0) is 18.1. The minimum Gasteiger partial charge on any atom is -0.309 e. The molecule has 0 amide bonds. The molecule has 0 saturated heterocycles. The Kier molecular flexibility index (Phi) is 4.22. The number of rotatable bonds is 1. The maximum Gasteiger partial charge on any atom is 0.0541 e. The van der Waals surface area contributed by atoms with Crippen LogP contribution in [0.3, 0.4) is 0 Å². The summed E-state index contributed by atoms with van der Waals surface area (Å²) < 4.78 is 2.37. The summed E-state index contributed by atoms with van der Waals surface area (Å²) in [4.78, 5) is 0. The average molecular weight is 337 g/mol. The molecule has 0 bridgehead atoms. The van der Waals surface area contributed by atoms with Gasteiger partial charge in [-0.2, -0.15) is 0 Å². The Morgan fingerprint density at radius 2 is 1.27 bits per heavy atom. The third-order valence-electron chi connectivity index (χ3n) is 4.82. The minimum absolute atomic E-state index is 1.21. The molecule has 26 heavy (non-hydrogen) atoms. The van der Waals surface area contributed by atoms with Crippen LogP contribution in [0.15, 0.2) is 84.9 Å². The highest BCUT2D eigenvalue weighted by molar-refractivity contribution is 6.09. The van der Waals surface area contributed by atoms with Gasteiger partial charge in [0.25, 0.3) is 0 Å². The molecule has 0 aliphatic heterocycles. The predicted molar refractivity (Wildman–Crippen MR) is 114 cm³/mol. The van der Waals surface area contributed by atoms with Crippen LogP contribution in [0.5, 0.6) is 0 Å². The van der Waals surface area contributed by atoms with Crippen LogP contribution < -0.4 is 0 Å². The molecule has 0 aliphatic carbocycles. The molecule has 0 N–H and O–H groups in total. The lowest BCUT2D eigenvalue weighted by Crippen LogP contribution is -1.93. The molecule has 128 valence electrons. The van der Waals surface area contributed by atoms with E-state index in [-0.39, 0.29) is 0 Å². The number of aromatic nitrogens is 1. The monoisotopic (exact) mass is 337 g/mol. The molecule has 0 radical (unpaired) electrons. The van der Waals surface area contributed by atoms with Gasteiger partial charge < -0.3 is 4.57 Å². The number of para-hydroxylation sites is 1. The van der Waals surface area contributed by atoms with Crippen molar-refractivity contribution >= 4 is 32.6 Å². The normalized spacial score (nSPS) is 10.9. The number of benzene rings is 4. The number of hydrogen-bond donors (Lipinski definition) is 0. The molecule has 1 aromatic heterocycles. The summed E-state index contributed by atoms with van der Waals surface area (Å²) in [7, 11) is 0. The lowest BCUT2D eigenvalue weighted by molar-refractivity contribution is 1.18. The average Bonchev–Trinajstić information content (AvgIpc) is 3.03. The molecule has 0 saturated carbocycles. The van der Waals surface area contributed by atoms with Crippen LogP contribution in [0, 0.1) is 6.92 Å². The van der Waals surface area contributed by atoms with Gasteiger partial charge in [0.1, 0.15) is 0 Å². The van der Waals surface area contributed by atoms with Gasteiger partial charge in [-0.1, -0.05) is 74.0 Å². The Balaban J connectivity index is 0.000000814. The van der Waals surface area contributed by atoms with Gasteiger partial charge in [-0.05, 0) is 48.0 Å². The van der Waals surface area contributed by atoms with Crippen LogP contribution in [0.4, 0.5) is 0 Å². The third-order valence-corrected chi connectivity index (χ3v) is 4.82. The second-order valence-corrected chi connectivity index (χ2v) is 6.40. The minimum atomic E-state index is 1.21. The summed E-state index contributed by atoms with van der Waals surface area (Å²) in [5.41, 5.74) is 5.03. The molecular weight excluding hydrogens is 314 g/mol. The van der Waals surface area contributed by atoms with Crippen molar-refractivity contribution in [3.05, 3.63) is 90.5 Å². The molecule has 0 fully saturated rings. The first-order chi connectivity index (χ1) is 12.8. The van der Waals surface area contributed by atoms with Gasteiger partial charge in [0.15, 0.2) is 0 Å². The smallest absolute Gasteiger partial charge is 0.0541 e. The summed E-state index contributed by atoms with van der Waals surface area (Å²) in [6.45, 7) is 6.15. The lowest BCUT2D eigenvalue weighted by Gasteiger charge is -2.09. The van der Waals surface area contributed by atoms with E-state index in [1.54, 1.807) is 0 Å². The highest BCUT2D eigenvalue weighted by Gasteiger charge is 2.12. The first kappa shape index (κ1) is 16.4. The van der Waals surface area contributed by atoms with Gasteiger partial charge >= 0.3 is 0 Å². The molecule has 0 aliphatic rings. The van der Waals surface area contributed by atoms with E-state index in [9.17, 15) is 0 Å². The molecule has 1 nitrogen and oxygen atoms in total. The summed E-state index contributed by atoms with van der Waals surface area (Å²) in [6.07, 6.45) is 0. The first-order valence-electron chi connectivity index (χ1n) is 9.30. The molecule has 4 aromatic carbocycles. The second-order valence-electron chi connectivity index (χ2n) is 6.40. The molecule has 1 heterocycles. The maximum absolute atomic E-state index is 2.37. The Bertz CT molecular complexity index is 1210. The Morgan fingerprint density at radius 1 is 0.577 bits per heavy atom. The summed E-state index contributed by atoms with van der Waals surface area (Å²) in [5.74, 6) is 0. The van der Waals surface area contributed by atoms with Crippen LogP contribution in [-0.2, 0) is 0 Å². The fraction of sp³-hybridized carbons (Fsp3) is 0.120. The third kappa shape index (κ3) is 2.57. The van der Waals surface area contributed by atoms with E-state index in [0.29, 0.717) is 0 Å². The van der Waals surface area contributed by atoms with E-state index in [4.69, 9.17) is 0 Å². The number of aryl methyl sites for hydroxylation is 1. The highest BCUT2D eigenvalue weighted by atomic mass is 15.0. The van der Waals surface area contributed by atoms with Gasteiger partial charge in [0, 0.05) is 16.5 Å². The van der Waals surface area contributed by atoms with E-state index in [2.05, 4.69) is 96.4 Å². The predicted octanol–water partition coefficient (Wildman–Crippen LogP) is 7.27. The van der Waals surface area contributed by atoms with Crippen molar-refractivity contribution in [2.24, 2.45) is 0 Å². The number of fused-ring (bicyclic) bond motifs is 4. The zero-order valence-electron chi connectivity index (χ0n) is 15.5. The van der Waals surface area contributed by atoms with E-state index in [1.807, 2.05) is 13.8 Å². The molecule has 1 heteroatoms. The van der Waals surface area contributed by atoms with Crippen molar-refractivity contribution in [2.45, 2.75) is 20.8 Å². The highest BCUT2D eigenvalue weighted by Crippen LogP contribution is 2.33. The zero-order valence-corrected chi connectivity index (χ0v) is 15.5. The van der Waals surface area contributed by atoms with E-state index in [0.717, 1.165) is 0 Å². The van der Waals surface area contributed by atoms with Crippen molar-refractivity contribution in [2.75, 3.05) is 0 Å². The SMILES string of the molecule is CC.Cc1ccc2c(c1)c1ccccc1n2-c1ccc2ccccc2c1. The van der Waals surface area contributed by atoms with Crippen LogP contribution in [0.25, 0.3) is 38.3 Å². The van der Waals surface area contributed by atoms with Crippen LogP contribution in [0.2, 0.25) is 0 Å². The number of hydrogen-bond acceptors (Lipinski definition) is 0. The van der Waals surface area contributed by atoms with Gasteiger partial charge in [0.05, 0.1) is 11.0 Å². The van der Waals surface area contributed by atoms with E-state index < -0.39 is 0 Å². The second kappa shape index (κ2) is 6.68. The molecule has 0 spiro atoms. The fourth-order valence-electron chi connectivity index (χ4n) is 3.68. The molecule has 0 unspecified atom stereocenters. The molecule has 0 atom stereocenters. The van der Waals surface area contributed by atoms with Crippen molar-refractivity contribution in [1.82, 2.24) is 4.57 Å². The van der Waals surface area contributed by atoms with Crippen LogP contribution in [-0.4, -0.2) is 4.57 Å². The fourth-order valence-corrected chi connectivity index (χ4v) is 3.68. The first-order valence-corrected chi connectivity index (χ1v) is 9.30. The summed E-state index contributed by atoms with van der Waals surface area (Å²) >= 11 is 0.